The highest BCUT2D eigenvalue weighted by atomic mass is 16.6. The van der Waals surface area contributed by atoms with E-state index in [1.54, 1.807) is 18.2 Å². The molecule has 0 atom stereocenters. The number of hydrogen-bond acceptors (Lipinski definition) is 3. The van der Waals surface area contributed by atoms with Crippen LogP contribution in [0.2, 0.25) is 0 Å². The van der Waals surface area contributed by atoms with Gasteiger partial charge < -0.3 is 10.5 Å². The van der Waals surface area contributed by atoms with Crippen LogP contribution in [0.3, 0.4) is 0 Å². The molecule has 0 aliphatic rings. The van der Waals surface area contributed by atoms with Crippen molar-refractivity contribution >= 4 is 12.1 Å². The maximum absolute atomic E-state index is 10.9. The minimum absolute atomic E-state index is 0.302. The molecule has 4 nitrogen and oxygen atoms in total. The van der Waals surface area contributed by atoms with Crippen LogP contribution >= 0.6 is 0 Å². The molecule has 1 rings (SSSR count). The molecule has 0 radical (unpaired) electrons. The lowest BCUT2D eigenvalue weighted by Gasteiger charge is -1.97. The molecule has 1 aromatic carbocycles. The van der Waals surface area contributed by atoms with Gasteiger partial charge in [0.2, 0.25) is 0 Å². The minimum atomic E-state index is -1.09. The predicted octanol–water partition coefficient (Wildman–Crippen LogP) is 0.922. The molecule has 0 aliphatic heterocycles. The quantitative estimate of drug-likeness (QED) is 0.497. The highest BCUT2D eigenvalue weighted by Gasteiger charge is 2.08. The summed E-state index contributed by atoms with van der Waals surface area (Å²) in [4.78, 5) is 21.1. The van der Waals surface area contributed by atoms with Crippen LogP contribution < -0.4 is 5.73 Å². The number of ether oxygens (including phenoxy) is 1. The van der Waals surface area contributed by atoms with E-state index >= 15 is 0 Å². The molecule has 0 saturated heterocycles. The van der Waals surface area contributed by atoms with E-state index in [2.05, 4.69) is 10.5 Å². The summed E-state index contributed by atoms with van der Waals surface area (Å²) >= 11 is 0. The third kappa shape index (κ3) is 2.09. The maximum atomic E-state index is 10.9. The highest BCUT2D eigenvalue weighted by molar-refractivity contribution is 5.95. The van der Waals surface area contributed by atoms with Crippen molar-refractivity contribution in [1.82, 2.24) is 0 Å². The van der Waals surface area contributed by atoms with Crippen LogP contribution in [0.15, 0.2) is 30.3 Å². The van der Waals surface area contributed by atoms with Gasteiger partial charge in [0, 0.05) is 0 Å². The summed E-state index contributed by atoms with van der Waals surface area (Å²) in [6, 6.07) is 8.15. The topological polar surface area (TPSA) is 69.4 Å². The van der Waals surface area contributed by atoms with Crippen molar-refractivity contribution in [2.24, 2.45) is 5.73 Å². The van der Waals surface area contributed by atoms with E-state index in [1.165, 1.54) is 12.1 Å². The van der Waals surface area contributed by atoms with Gasteiger partial charge in [0.1, 0.15) is 0 Å². The van der Waals surface area contributed by atoms with E-state index < -0.39 is 12.1 Å². The molecule has 4 heteroatoms. The second kappa shape index (κ2) is 3.52. The molecule has 0 aromatic heterocycles. The average Bonchev–Trinajstić information content (AvgIpc) is 2.05. The number of esters is 1. The molecule has 0 fully saturated rings. The standard InChI is InChI=1S/C8H7NO3/c9-8(11)12-7(10)6-4-2-1-3-5-6/h1-5H,(H2,9,11). The van der Waals surface area contributed by atoms with Gasteiger partial charge in [-0.3, -0.25) is 0 Å². The van der Waals surface area contributed by atoms with Gasteiger partial charge in [-0.15, -0.1) is 0 Å². The Morgan fingerprint density at radius 2 is 1.75 bits per heavy atom. The SMILES string of the molecule is NC(=O)OC(=O)c1ccccc1. The summed E-state index contributed by atoms with van der Waals surface area (Å²) in [5.74, 6) is -0.733. The Kier molecular flexibility index (Phi) is 2.42. The minimum Gasteiger partial charge on any atom is -0.373 e. The van der Waals surface area contributed by atoms with Gasteiger partial charge in [-0.1, -0.05) is 18.2 Å². The Morgan fingerprint density at radius 3 is 2.25 bits per heavy atom. The first-order valence-corrected chi connectivity index (χ1v) is 3.27. The van der Waals surface area contributed by atoms with Crippen LogP contribution in [0, 0.1) is 0 Å². The van der Waals surface area contributed by atoms with Crippen molar-refractivity contribution in [2.45, 2.75) is 0 Å². The van der Waals surface area contributed by atoms with Crippen molar-refractivity contribution < 1.29 is 14.3 Å². The smallest absolute Gasteiger partial charge is 0.373 e. The fourth-order valence-corrected chi connectivity index (χ4v) is 0.725. The number of hydrogen-bond donors (Lipinski definition) is 1. The molecule has 0 heterocycles. The molecule has 0 unspecified atom stereocenters. The molecule has 0 bridgehead atoms. The molecule has 1 aromatic rings. The van der Waals surface area contributed by atoms with Gasteiger partial charge in [0.15, 0.2) is 0 Å². The summed E-state index contributed by atoms with van der Waals surface area (Å²) in [5.41, 5.74) is 4.95. The third-order valence-corrected chi connectivity index (χ3v) is 1.20. The molecule has 0 aliphatic carbocycles. The van der Waals surface area contributed by atoms with Gasteiger partial charge in [-0.25, -0.2) is 9.59 Å². The zero-order valence-electron chi connectivity index (χ0n) is 6.19. The second-order valence-corrected chi connectivity index (χ2v) is 2.07. The Bertz CT molecular complexity index is 294. The molecular weight excluding hydrogens is 158 g/mol. The molecule has 62 valence electrons. The number of benzene rings is 1. The lowest BCUT2D eigenvalue weighted by Crippen LogP contribution is -2.18. The van der Waals surface area contributed by atoms with Crippen LogP contribution in [0.4, 0.5) is 4.79 Å². The van der Waals surface area contributed by atoms with Crippen molar-refractivity contribution in [1.29, 1.82) is 0 Å². The number of carbonyl (C=O) groups is 2. The monoisotopic (exact) mass is 165 g/mol. The Morgan fingerprint density at radius 1 is 1.17 bits per heavy atom. The van der Waals surface area contributed by atoms with E-state index in [0.717, 1.165) is 0 Å². The number of amides is 1. The molecule has 0 saturated carbocycles. The fraction of sp³-hybridized carbons (Fsp3) is 0. The van der Waals surface area contributed by atoms with E-state index in [4.69, 9.17) is 0 Å². The van der Waals surface area contributed by atoms with Crippen molar-refractivity contribution in [2.75, 3.05) is 0 Å². The molecule has 12 heavy (non-hydrogen) atoms. The van der Waals surface area contributed by atoms with E-state index in [9.17, 15) is 9.59 Å². The number of rotatable bonds is 1. The first-order valence-electron chi connectivity index (χ1n) is 3.27. The Balaban J connectivity index is 2.73. The lowest BCUT2D eigenvalue weighted by atomic mass is 10.2. The van der Waals surface area contributed by atoms with Crippen molar-refractivity contribution in [3.05, 3.63) is 35.9 Å². The summed E-state index contributed by atoms with van der Waals surface area (Å²) in [6.45, 7) is 0. The van der Waals surface area contributed by atoms with Gasteiger partial charge in [0.25, 0.3) is 0 Å². The van der Waals surface area contributed by atoms with Crippen molar-refractivity contribution in [3.63, 3.8) is 0 Å². The summed E-state index contributed by atoms with van der Waals surface area (Å²) in [5, 5.41) is 0. The van der Waals surface area contributed by atoms with Crippen LogP contribution in [0.5, 0.6) is 0 Å². The van der Waals surface area contributed by atoms with Crippen LogP contribution in [0.1, 0.15) is 10.4 Å². The van der Waals surface area contributed by atoms with Gasteiger partial charge >= 0.3 is 12.1 Å². The Labute approximate surface area is 68.9 Å². The largest absolute Gasteiger partial charge is 0.412 e. The second-order valence-electron chi connectivity index (χ2n) is 2.07. The number of primary amides is 1. The summed E-state index contributed by atoms with van der Waals surface area (Å²) in [7, 11) is 0. The first-order chi connectivity index (χ1) is 5.70. The highest BCUT2D eigenvalue weighted by Crippen LogP contribution is 2.00. The van der Waals surface area contributed by atoms with E-state index in [1.807, 2.05) is 0 Å². The van der Waals surface area contributed by atoms with E-state index in [-0.39, 0.29) is 0 Å². The average molecular weight is 165 g/mol. The first kappa shape index (κ1) is 8.26. The third-order valence-electron chi connectivity index (χ3n) is 1.20. The molecular formula is C8H7NO3. The van der Waals surface area contributed by atoms with E-state index in [0.29, 0.717) is 5.56 Å². The van der Waals surface area contributed by atoms with Gasteiger partial charge in [-0.05, 0) is 12.1 Å². The molecule has 1 amide bonds. The zero-order valence-corrected chi connectivity index (χ0v) is 6.19. The Hall–Kier alpha value is -1.84. The normalized spacial score (nSPS) is 9.00. The molecule has 0 spiro atoms. The predicted molar refractivity (Wildman–Crippen MR) is 41.4 cm³/mol. The van der Waals surface area contributed by atoms with Crippen LogP contribution in [-0.4, -0.2) is 12.1 Å². The zero-order chi connectivity index (χ0) is 8.97. The van der Waals surface area contributed by atoms with Crippen molar-refractivity contribution in [3.8, 4) is 0 Å². The summed E-state index contributed by atoms with van der Waals surface area (Å²) < 4.78 is 4.14. The fourth-order valence-electron chi connectivity index (χ4n) is 0.725. The van der Waals surface area contributed by atoms with Crippen LogP contribution in [0.25, 0.3) is 0 Å². The maximum Gasteiger partial charge on any atom is 0.412 e. The molecule has 2 N–H and O–H groups in total. The number of carbonyl (C=O) groups excluding carboxylic acids is 2. The van der Waals surface area contributed by atoms with Gasteiger partial charge in [0.05, 0.1) is 5.56 Å². The lowest BCUT2D eigenvalue weighted by molar-refractivity contribution is 0.0638. The van der Waals surface area contributed by atoms with Gasteiger partial charge in [-0.2, -0.15) is 0 Å². The van der Waals surface area contributed by atoms with Crippen LogP contribution in [-0.2, 0) is 4.74 Å². The number of nitrogens with two attached hydrogens (primary N) is 1. The summed E-state index contributed by atoms with van der Waals surface area (Å²) in [6.07, 6.45) is -1.09.